The van der Waals surface area contributed by atoms with Gasteiger partial charge in [-0.25, -0.2) is 0 Å². The van der Waals surface area contributed by atoms with Crippen LogP contribution in [0.4, 0.5) is 39.5 Å². The third-order valence-electron chi connectivity index (χ3n) is 3.65. The molecule has 0 saturated carbocycles. The van der Waals surface area contributed by atoms with Crippen LogP contribution in [-0.4, -0.2) is 90.5 Å². The monoisotopic (exact) mass is 477 g/mol. The van der Waals surface area contributed by atoms with Gasteiger partial charge < -0.3 is 20.2 Å². The van der Waals surface area contributed by atoms with Gasteiger partial charge in [0.1, 0.15) is 0 Å². The summed E-state index contributed by atoms with van der Waals surface area (Å²) in [6, 6.07) is 0. The fourth-order valence-corrected chi connectivity index (χ4v) is 2.27. The second kappa shape index (κ2) is 12.0. The molecular weight excluding hydrogens is 457 g/mol. The van der Waals surface area contributed by atoms with Gasteiger partial charge in [0.2, 0.25) is 0 Å². The second-order valence-electron chi connectivity index (χ2n) is 6.12. The highest BCUT2D eigenvalue weighted by Crippen LogP contribution is 2.21. The molecule has 16 heteroatoms. The van der Waals surface area contributed by atoms with E-state index >= 15 is 0 Å². The number of halogens is 9. The number of carbonyl (C=O) groups excluding carboxylic acids is 3. The van der Waals surface area contributed by atoms with Crippen molar-refractivity contribution in [3.63, 3.8) is 0 Å². The van der Waals surface area contributed by atoms with Crippen molar-refractivity contribution in [3.8, 4) is 0 Å². The van der Waals surface area contributed by atoms with E-state index in [0.717, 1.165) is 0 Å². The van der Waals surface area contributed by atoms with E-state index in [4.69, 9.17) is 5.11 Å². The summed E-state index contributed by atoms with van der Waals surface area (Å²) >= 11 is 0. The lowest BCUT2D eigenvalue weighted by Crippen LogP contribution is -2.46. The van der Waals surface area contributed by atoms with E-state index in [2.05, 4.69) is 0 Å². The van der Waals surface area contributed by atoms with Crippen molar-refractivity contribution in [1.29, 1.82) is 0 Å². The van der Waals surface area contributed by atoms with Gasteiger partial charge >= 0.3 is 36.3 Å². The predicted octanol–water partition coefficient (Wildman–Crippen LogP) is 1.61. The first-order chi connectivity index (χ1) is 14.0. The van der Waals surface area contributed by atoms with Crippen LogP contribution in [0.2, 0.25) is 0 Å². The Kier molecular flexibility index (Phi) is 11.1. The maximum Gasteiger partial charge on any atom is 0.471 e. The Bertz CT molecular complexity index is 606. The molecule has 2 N–H and O–H groups in total. The molecule has 182 valence electrons. The predicted molar refractivity (Wildman–Crippen MR) is 85.3 cm³/mol. The van der Waals surface area contributed by atoms with Crippen LogP contribution in [0.15, 0.2) is 0 Å². The van der Waals surface area contributed by atoms with Crippen LogP contribution < -0.4 is 5.32 Å². The molecule has 3 amide bonds. The molecule has 0 aromatic carbocycles. The van der Waals surface area contributed by atoms with E-state index in [1.54, 1.807) is 0 Å². The Morgan fingerprint density at radius 3 is 1.39 bits per heavy atom. The fourth-order valence-electron chi connectivity index (χ4n) is 2.27. The SMILES string of the molecule is O=C(NCCCN(CCCN(CCCO)C(=O)C(F)(F)F)C(=O)C(F)(F)F)C(F)(F)F. The third-order valence-corrected chi connectivity index (χ3v) is 3.65. The Morgan fingerprint density at radius 1 is 0.645 bits per heavy atom. The van der Waals surface area contributed by atoms with Gasteiger partial charge in [-0.1, -0.05) is 0 Å². The number of hydrogen-bond donors (Lipinski definition) is 2. The summed E-state index contributed by atoms with van der Waals surface area (Å²) in [7, 11) is 0. The Balaban J connectivity index is 4.94. The highest BCUT2D eigenvalue weighted by Gasteiger charge is 2.44. The Hall–Kier alpha value is -2.26. The molecule has 0 aromatic rings. The number of nitrogens with zero attached hydrogens (tertiary/aromatic N) is 2. The largest absolute Gasteiger partial charge is 0.471 e. The average Bonchev–Trinajstić information content (AvgIpc) is 2.62. The van der Waals surface area contributed by atoms with Crippen molar-refractivity contribution in [1.82, 2.24) is 15.1 Å². The quantitative estimate of drug-likeness (QED) is 0.350. The minimum Gasteiger partial charge on any atom is -0.396 e. The van der Waals surface area contributed by atoms with Crippen molar-refractivity contribution < 1.29 is 59.0 Å². The van der Waals surface area contributed by atoms with Gasteiger partial charge in [-0.05, 0) is 19.3 Å². The minimum absolute atomic E-state index is 0.155. The molecule has 0 aliphatic heterocycles. The van der Waals surface area contributed by atoms with Gasteiger partial charge in [-0.15, -0.1) is 0 Å². The normalized spacial score (nSPS) is 12.5. The highest BCUT2D eigenvalue weighted by molar-refractivity contribution is 5.83. The van der Waals surface area contributed by atoms with Gasteiger partial charge in [0, 0.05) is 39.3 Å². The van der Waals surface area contributed by atoms with Gasteiger partial charge in [-0.3, -0.25) is 14.4 Å². The first-order valence-electron chi connectivity index (χ1n) is 8.70. The van der Waals surface area contributed by atoms with Crippen molar-refractivity contribution >= 4 is 17.7 Å². The zero-order chi connectivity index (χ0) is 24.5. The lowest BCUT2D eigenvalue weighted by atomic mass is 10.2. The summed E-state index contributed by atoms with van der Waals surface area (Å²) in [5.41, 5.74) is 0. The molecule has 0 heterocycles. The number of nitrogens with one attached hydrogen (secondary N) is 1. The van der Waals surface area contributed by atoms with Crippen LogP contribution in [-0.2, 0) is 14.4 Å². The molecule has 0 aliphatic carbocycles. The van der Waals surface area contributed by atoms with Crippen LogP contribution >= 0.6 is 0 Å². The molecule has 0 spiro atoms. The summed E-state index contributed by atoms with van der Waals surface area (Å²) in [5, 5.41) is 10.1. The highest BCUT2D eigenvalue weighted by atomic mass is 19.4. The molecule has 0 fully saturated rings. The minimum atomic E-state index is -5.35. The van der Waals surface area contributed by atoms with Crippen LogP contribution in [0, 0.1) is 0 Å². The molecule has 0 saturated heterocycles. The average molecular weight is 477 g/mol. The topological polar surface area (TPSA) is 89.9 Å². The van der Waals surface area contributed by atoms with Crippen molar-refractivity contribution in [3.05, 3.63) is 0 Å². The standard InChI is InChI=1S/C15H20F9N3O4/c16-13(17,18)10(29)25-4-1-5-26(11(30)14(19,20)21)6-2-7-27(8-3-9-28)12(31)15(22,23)24/h28H,1-9H2,(H,25,29). The number of aliphatic hydroxyl groups is 1. The van der Waals surface area contributed by atoms with Crippen molar-refractivity contribution in [2.24, 2.45) is 0 Å². The molecular formula is C15H20F9N3O4. The maximum absolute atomic E-state index is 12.7. The van der Waals surface area contributed by atoms with E-state index in [0.29, 0.717) is 0 Å². The molecule has 31 heavy (non-hydrogen) atoms. The van der Waals surface area contributed by atoms with Crippen LogP contribution in [0.3, 0.4) is 0 Å². The molecule has 0 atom stereocenters. The van der Waals surface area contributed by atoms with E-state index < -0.39 is 88.4 Å². The second-order valence-corrected chi connectivity index (χ2v) is 6.12. The Morgan fingerprint density at radius 2 is 1.03 bits per heavy atom. The Labute approximate surface area is 170 Å². The fraction of sp³-hybridized carbons (Fsp3) is 0.800. The molecule has 0 aromatic heterocycles. The van der Waals surface area contributed by atoms with E-state index in [-0.39, 0.29) is 16.2 Å². The van der Waals surface area contributed by atoms with Crippen LogP contribution in [0.25, 0.3) is 0 Å². The maximum atomic E-state index is 12.7. The summed E-state index contributed by atoms with van der Waals surface area (Å²) in [5.74, 6) is -6.98. The van der Waals surface area contributed by atoms with Gasteiger partial charge in [-0.2, -0.15) is 39.5 Å². The first kappa shape index (κ1) is 28.7. The number of rotatable bonds is 11. The molecule has 7 nitrogen and oxygen atoms in total. The smallest absolute Gasteiger partial charge is 0.396 e. The zero-order valence-corrected chi connectivity index (χ0v) is 15.8. The van der Waals surface area contributed by atoms with Gasteiger partial charge in [0.05, 0.1) is 0 Å². The number of carbonyl (C=O) groups is 3. The van der Waals surface area contributed by atoms with E-state index in [1.165, 1.54) is 5.32 Å². The molecule has 0 rings (SSSR count). The molecule has 0 bridgehead atoms. The summed E-state index contributed by atoms with van der Waals surface area (Å²) in [6.45, 7) is -4.00. The first-order valence-corrected chi connectivity index (χ1v) is 8.70. The number of aliphatic hydroxyl groups excluding tert-OH is 1. The summed E-state index contributed by atoms with van der Waals surface area (Å²) in [4.78, 5) is 33.8. The number of amides is 3. The van der Waals surface area contributed by atoms with E-state index in [1.807, 2.05) is 0 Å². The number of alkyl halides is 9. The lowest BCUT2D eigenvalue weighted by molar-refractivity contribution is -0.187. The summed E-state index contributed by atoms with van der Waals surface area (Å²) < 4.78 is 112. The van der Waals surface area contributed by atoms with Crippen molar-refractivity contribution in [2.75, 3.05) is 39.3 Å². The summed E-state index contributed by atoms with van der Waals surface area (Å²) in [6.07, 6.45) is -17.1. The molecule has 0 unspecified atom stereocenters. The number of hydrogen-bond acceptors (Lipinski definition) is 4. The van der Waals surface area contributed by atoms with E-state index in [9.17, 15) is 53.9 Å². The van der Waals surface area contributed by atoms with Crippen LogP contribution in [0.1, 0.15) is 19.3 Å². The molecule has 0 aliphatic rings. The van der Waals surface area contributed by atoms with Crippen molar-refractivity contribution in [2.45, 2.75) is 37.8 Å². The van der Waals surface area contributed by atoms with Gasteiger partial charge in [0.25, 0.3) is 0 Å². The molecule has 0 radical (unpaired) electrons. The third kappa shape index (κ3) is 11.1. The lowest BCUT2D eigenvalue weighted by Gasteiger charge is -2.27. The van der Waals surface area contributed by atoms with Crippen LogP contribution in [0.5, 0.6) is 0 Å². The zero-order valence-electron chi connectivity index (χ0n) is 15.8. The van der Waals surface area contributed by atoms with Gasteiger partial charge in [0.15, 0.2) is 0 Å².